The van der Waals surface area contributed by atoms with E-state index in [0.29, 0.717) is 37.6 Å². The highest BCUT2D eigenvalue weighted by molar-refractivity contribution is 7.10. The van der Waals surface area contributed by atoms with Crippen LogP contribution in [-0.2, 0) is 9.57 Å². The Kier molecular flexibility index (Phi) is 5.82. The predicted molar refractivity (Wildman–Crippen MR) is 118 cm³/mol. The van der Waals surface area contributed by atoms with Crippen LogP contribution in [-0.4, -0.2) is 52.5 Å². The largest absolute Gasteiger partial charge is 0.465 e. The first-order chi connectivity index (χ1) is 15.6. The van der Waals surface area contributed by atoms with Gasteiger partial charge in [-0.3, -0.25) is 0 Å². The minimum Gasteiger partial charge on any atom is -0.465 e. The molecule has 1 aromatic heterocycles. The molecule has 1 amide bonds. The smallest absolute Gasteiger partial charge is 0.407 e. The molecule has 2 aliphatic heterocycles. The number of thiazole rings is 1. The molecule has 1 aromatic carbocycles. The first-order valence-corrected chi connectivity index (χ1v) is 11.9. The summed E-state index contributed by atoms with van der Waals surface area (Å²) in [7, 11) is 0. The Morgan fingerprint density at radius 3 is 2.72 bits per heavy atom. The van der Waals surface area contributed by atoms with Crippen molar-refractivity contribution in [2.75, 3.05) is 19.7 Å². The third kappa shape index (κ3) is 4.48. The summed E-state index contributed by atoms with van der Waals surface area (Å²) in [5, 5.41) is 16.4. The molecule has 1 aliphatic carbocycles. The van der Waals surface area contributed by atoms with Crippen LogP contribution in [0.5, 0.6) is 0 Å². The van der Waals surface area contributed by atoms with Crippen molar-refractivity contribution in [3.63, 3.8) is 0 Å². The molecular weight excluding hydrogens is 430 g/mol. The number of amides is 1. The van der Waals surface area contributed by atoms with Crippen LogP contribution in [0.1, 0.15) is 70.7 Å². The minimum absolute atomic E-state index is 0.269. The van der Waals surface area contributed by atoms with Crippen molar-refractivity contribution < 1.29 is 24.3 Å². The Balaban J connectivity index is 1.23. The highest BCUT2D eigenvalue weighted by atomic mass is 32.1. The highest BCUT2D eigenvalue weighted by Crippen LogP contribution is 2.35. The molecular formula is C23H25N3O5S. The molecule has 9 heteroatoms. The van der Waals surface area contributed by atoms with E-state index in [4.69, 9.17) is 19.7 Å². The van der Waals surface area contributed by atoms with E-state index in [9.17, 15) is 9.59 Å². The predicted octanol–water partition coefficient (Wildman–Crippen LogP) is 4.43. The number of benzene rings is 1. The van der Waals surface area contributed by atoms with Gasteiger partial charge in [-0.25, -0.2) is 14.6 Å². The van der Waals surface area contributed by atoms with Crippen molar-refractivity contribution in [1.29, 1.82) is 0 Å². The summed E-state index contributed by atoms with van der Waals surface area (Å²) in [6, 6.07) is 7.38. The van der Waals surface area contributed by atoms with E-state index in [2.05, 4.69) is 5.16 Å². The quantitative estimate of drug-likeness (QED) is 0.647. The van der Waals surface area contributed by atoms with Crippen LogP contribution < -0.4 is 0 Å². The van der Waals surface area contributed by atoms with Gasteiger partial charge in [0, 0.05) is 36.4 Å². The molecule has 1 saturated carbocycles. The topological polar surface area (TPSA) is 101 Å². The fourth-order valence-corrected chi connectivity index (χ4v) is 5.14. The van der Waals surface area contributed by atoms with Crippen molar-refractivity contribution in [3.05, 3.63) is 51.5 Å². The molecule has 3 heterocycles. The molecule has 1 saturated heterocycles. The molecule has 0 spiro atoms. The zero-order chi connectivity index (χ0) is 22.1. The second-order valence-electron chi connectivity index (χ2n) is 8.58. The maximum atomic E-state index is 12.6. The molecule has 0 bridgehead atoms. The van der Waals surface area contributed by atoms with Gasteiger partial charge in [0.1, 0.15) is 5.71 Å². The number of carbonyl (C=O) groups is 2. The van der Waals surface area contributed by atoms with Gasteiger partial charge in [0.05, 0.1) is 22.9 Å². The lowest BCUT2D eigenvalue weighted by Gasteiger charge is -2.28. The number of hydrogen-bond donors (Lipinski definition) is 1. The first kappa shape index (κ1) is 20.9. The van der Waals surface area contributed by atoms with E-state index < -0.39 is 6.09 Å². The zero-order valence-electron chi connectivity index (χ0n) is 17.6. The minimum atomic E-state index is -0.858. The Morgan fingerprint density at radius 1 is 1.19 bits per heavy atom. The van der Waals surface area contributed by atoms with E-state index in [1.54, 1.807) is 17.4 Å². The second kappa shape index (κ2) is 8.90. The van der Waals surface area contributed by atoms with Gasteiger partial charge in [-0.1, -0.05) is 23.4 Å². The van der Waals surface area contributed by atoms with Gasteiger partial charge in [0.25, 0.3) is 0 Å². The van der Waals surface area contributed by atoms with Crippen molar-refractivity contribution in [1.82, 2.24) is 9.88 Å². The summed E-state index contributed by atoms with van der Waals surface area (Å²) in [4.78, 5) is 35.6. The first-order valence-electron chi connectivity index (χ1n) is 11.0. The number of nitrogens with zero attached hydrogens (tertiary/aromatic N) is 3. The number of esters is 1. The van der Waals surface area contributed by atoms with Crippen molar-refractivity contribution in [2.24, 2.45) is 11.1 Å². The van der Waals surface area contributed by atoms with Gasteiger partial charge >= 0.3 is 12.1 Å². The normalized spacial score (nSPS) is 21.2. The SMILES string of the molecule is O=C(OCC1CC1)c1ccccc1C1CC(c2csc(C3CCN(C(=O)O)CC3)n2)=NO1. The van der Waals surface area contributed by atoms with Crippen molar-refractivity contribution in [2.45, 2.75) is 44.1 Å². The number of oxime groups is 1. The lowest BCUT2D eigenvalue weighted by molar-refractivity contribution is 0.0468. The van der Waals surface area contributed by atoms with E-state index in [0.717, 1.165) is 47.7 Å². The van der Waals surface area contributed by atoms with Crippen LogP contribution in [0.4, 0.5) is 4.79 Å². The molecule has 32 heavy (non-hydrogen) atoms. The van der Waals surface area contributed by atoms with E-state index in [-0.39, 0.29) is 18.0 Å². The molecule has 5 rings (SSSR count). The van der Waals surface area contributed by atoms with Gasteiger partial charge in [-0.05, 0) is 37.7 Å². The molecule has 2 aromatic rings. The lowest BCUT2D eigenvalue weighted by atomic mass is 9.97. The number of aromatic nitrogens is 1. The number of rotatable bonds is 6. The Labute approximate surface area is 189 Å². The number of ether oxygens (including phenoxy) is 1. The summed E-state index contributed by atoms with van der Waals surface area (Å²) in [5.74, 6) is 0.470. The molecule has 0 radical (unpaired) electrons. The van der Waals surface area contributed by atoms with Crippen LogP contribution >= 0.6 is 11.3 Å². The fourth-order valence-electron chi connectivity index (χ4n) is 4.14. The van der Waals surface area contributed by atoms with E-state index in [1.165, 1.54) is 4.90 Å². The summed E-state index contributed by atoms with van der Waals surface area (Å²) in [6.07, 6.45) is 3.15. The van der Waals surface area contributed by atoms with Crippen molar-refractivity contribution in [3.8, 4) is 0 Å². The molecule has 168 valence electrons. The number of hydrogen-bond acceptors (Lipinski definition) is 7. The van der Waals surface area contributed by atoms with Crippen LogP contribution in [0.15, 0.2) is 34.8 Å². The molecule has 8 nitrogen and oxygen atoms in total. The molecule has 2 fully saturated rings. The Hall–Kier alpha value is -2.94. The molecule has 3 aliphatic rings. The van der Waals surface area contributed by atoms with Gasteiger partial charge in [-0.2, -0.15) is 0 Å². The lowest BCUT2D eigenvalue weighted by Crippen LogP contribution is -2.36. The molecule has 1 N–H and O–H groups in total. The number of piperidine rings is 1. The fraction of sp³-hybridized carbons (Fsp3) is 0.478. The van der Waals surface area contributed by atoms with Crippen LogP contribution in [0, 0.1) is 5.92 Å². The third-order valence-electron chi connectivity index (χ3n) is 6.28. The highest BCUT2D eigenvalue weighted by Gasteiger charge is 2.31. The van der Waals surface area contributed by atoms with Crippen LogP contribution in [0.2, 0.25) is 0 Å². The van der Waals surface area contributed by atoms with E-state index in [1.807, 2.05) is 23.6 Å². The Bertz CT molecular complexity index is 1040. The molecule has 1 atom stereocenters. The zero-order valence-corrected chi connectivity index (χ0v) is 18.4. The Morgan fingerprint density at radius 2 is 1.97 bits per heavy atom. The average molecular weight is 456 g/mol. The maximum absolute atomic E-state index is 12.6. The summed E-state index contributed by atoms with van der Waals surface area (Å²) >= 11 is 1.59. The van der Waals surface area contributed by atoms with Crippen LogP contribution in [0.3, 0.4) is 0 Å². The second-order valence-corrected chi connectivity index (χ2v) is 9.47. The van der Waals surface area contributed by atoms with Crippen LogP contribution in [0.25, 0.3) is 0 Å². The molecule has 1 unspecified atom stereocenters. The van der Waals surface area contributed by atoms with Gasteiger partial charge < -0.3 is 19.6 Å². The van der Waals surface area contributed by atoms with Gasteiger partial charge in [0.2, 0.25) is 0 Å². The average Bonchev–Trinajstić information content (AvgIpc) is 3.30. The number of carbonyl (C=O) groups excluding carboxylic acids is 1. The summed E-state index contributed by atoms with van der Waals surface area (Å²) in [5.41, 5.74) is 2.87. The van der Waals surface area contributed by atoms with Crippen molar-refractivity contribution >= 4 is 29.1 Å². The number of likely N-dealkylation sites (tertiary alicyclic amines) is 1. The van der Waals surface area contributed by atoms with Gasteiger partial charge in [-0.15, -0.1) is 11.3 Å². The summed E-state index contributed by atoms with van der Waals surface area (Å²) < 4.78 is 5.47. The summed E-state index contributed by atoms with van der Waals surface area (Å²) in [6.45, 7) is 1.55. The maximum Gasteiger partial charge on any atom is 0.407 e. The monoisotopic (exact) mass is 455 g/mol. The standard InChI is InChI=1S/C23H25N3O5S/c27-22(30-12-14-5-6-14)17-4-2-1-3-16(17)20-11-18(25-31-20)19-13-32-21(24-19)15-7-9-26(10-8-15)23(28)29/h1-4,13-15,20H,5-12H2,(H,28,29). The third-order valence-corrected chi connectivity index (χ3v) is 7.28. The van der Waals surface area contributed by atoms with Gasteiger partial charge in [0.15, 0.2) is 6.10 Å². The van der Waals surface area contributed by atoms with E-state index >= 15 is 0 Å². The number of carboxylic acid groups (broad SMARTS) is 1.